The number of fused-ring (bicyclic) bond motifs is 1. The van der Waals surface area contributed by atoms with Gasteiger partial charge in [0.05, 0.1) is 6.04 Å². The summed E-state index contributed by atoms with van der Waals surface area (Å²) < 4.78 is 5.55. The van der Waals surface area contributed by atoms with Gasteiger partial charge in [-0.3, -0.25) is 15.0 Å². The number of aromatic nitrogens is 1. The van der Waals surface area contributed by atoms with E-state index in [1.54, 1.807) is 57.3 Å². The van der Waals surface area contributed by atoms with E-state index >= 15 is 0 Å². The molecule has 3 aromatic rings. The lowest BCUT2D eigenvalue weighted by atomic mass is 9.89. The summed E-state index contributed by atoms with van der Waals surface area (Å²) >= 11 is 0. The lowest BCUT2D eigenvalue weighted by molar-refractivity contribution is -0.164. The second-order valence-corrected chi connectivity index (χ2v) is 11.5. The Morgan fingerprint density at radius 2 is 1.72 bits per heavy atom. The number of carbonyl (C=O) groups is 4. The Labute approximate surface area is 250 Å². The minimum absolute atomic E-state index is 0.0504. The quantitative estimate of drug-likeness (QED) is 0.0364. The Bertz CT molecular complexity index is 1430. The highest BCUT2D eigenvalue weighted by molar-refractivity contribution is 6.09. The van der Waals surface area contributed by atoms with Gasteiger partial charge in [-0.15, -0.1) is 0 Å². The molecule has 3 rings (SSSR count). The van der Waals surface area contributed by atoms with E-state index in [4.69, 9.17) is 21.6 Å². The minimum atomic E-state index is -2.16. The van der Waals surface area contributed by atoms with Gasteiger partial charge in [0.25, 0.3) is 5.91 Å². The highest BCUT2D eigenvalue weighted by Crippen LogP contribution is 2.21. The summed E-state index contributed by atoms with van der Waals surface area (Å²) in [6.45, 7) is 5.36. The minimum Gasteiger partial charge on any atom is -0.458 e. The second kappa shape index (κ2) is 14.5. The molecular weight excluding hydrogens is 550 g/mol. The molecule has 43 heavy (non-hydrogen) atoms. The van der Waals surface area contributed by atoms with Gasteiger partial charge in [0, 0.05) is 36.5 Å². The molecule has 12 heteroatoms. The predicted octanol–water partition coefficient (Wildman–Crippen LogP) is 1.42. The zero-order valence-corrected chi connectivity index (χ0v) is 24.7. The van der Waals surface area contributed by atoms with Gasteiger partial charge in [-0.05, 0) is 50.8 Å². The molecule has 0 aliphatic carbocycles. The van der Waals surface area contributed by atoms with Crippen LogP contribution in [0.4, 0.5) is 0 Å². The molecule has 3 atom stereocenters. The maximum absolute atomic E-state index is 13.9. The summed E-state index contributed by atoms with van der Waals surface area (Å²) in [5.74, 6) is -2.64. The van der Waals surface area contributed by atoms with E-state index in [9.17, 15) is 19.2 Å². The number of nitrogens with two attached hydrogens (primary N) is 2. The first kappa shape index (κ1) is 32.8. The topological polar surface area (TPSA) is 205 Å². The van der Waals surface area contributed by atoms with E-state index in [1.807, 2.05) is 24.3 Å². The molecule has 0 saturated heterocycles. The van der Waals surface area contributed by atoms with Crippen LogP contribution in [0.15, 0.2) is 60.8 Å². The maximum atomic E-state index is 13.9. The number of hydrogen-bond donors (Lipinski definition) is 7. The number of aromatic amines is 1. The molecule has 230 valence electrons. The summed E-state index contributed by atoms with van der Waals surface area (Å²) in [6, 6.07) is 14.3. The van der Waals surface area contributed by atoms with Crippen molar-refractivity contribution < 1.29 is 23.9 Å². The molecule has 1 aromatic heterocycles. The van der Waals surface area contributed by atoms with E-state index in [2.05, 4.69) is 20.9 Å². The monoisotopic (exact) mass is 591 g/mol. The number of H-pyrrole nitrogens is 1. The predicted molar refractivity (Wildman–Crippen MR) is 164 cm³/mol. The zero-order valence-electron chi connectivity index (χ0n) is 24.7. The summed E-state index contributed by atoms with van der Waals surface area (Å²) in [4.78, 5) is 55.9. The molecule has 1 heterocycles. The van der Waals surface area contributed by atoms with Gasteiger partial charge >= 0.3 is 5.97 Å². The van der Waals surface area contributed by atoms with Crippen molar-refractivity contribution in [3.05, 3.63) is 71.9 Å². The van der Waals surface area contributed by atoms with Crippen molar-refractivity contribution in [2.45, 2.75) is 69.7 Å². The van der Waals surface area contributed by atoms with Gasteiger partial charge in [0.1, 0.15) is 17.9 Å². The van der Waals surface area contributed by atoms with Crippen LogP contribution in [0.3, 0.4) is 0 Å². The molecule has 12 nitrogen and oxygen atoms in total. The Morgan fingerprint density at radius 3 is 2.37 bits per heavy atom. The van der Waals surface area contributed by atoms with Crippen molar-refractivity contribution >= 4 is 40.9 Å². The van der Waals surface area contributed by atoms with E-state index < -0.39 is 41.0 Å². The van der Waals surface area contributed by atoms with Crippen molar-refractivity contribution in [2.24, 2.45) is 11.5 Å². The third-order valence-electron chi connectivity index (χ3n) is 6.71. The van der Waals surface area contributed by atoms with Crippen LogP contribution in [0.5, 0.6) is 0 Å². The Kier molecular flexibility index (Phi) is 11.0. The number of para-hydroxylation sites is 1. The lowest BCUT2D eigenvalue weighted by Crippen LogP contribution is -2.65. The largest absolute Gasteiger partial charge is 0.458 e. The van der Waals surface area contributed by atoms with Gasteiger partial charge in [0.15, 0.2) is 11.5 Å². The average molecular weight is 592 g/mol. The number of benzene rings is 2. The molecule has 2 aromatic carbocycles. The van der Waals surface area contributed by atoms with Gasteiger partial charge in [-0.2, -0.15) is 0 Å². The van der Waals surface area contributed by atoms with Gasteiger partial charge in [-0.1, -0.05) is 48.5 Å². The fraction of sp³-hybridized carbons (Fsp3) is 0.387. The number of hydrogen-bond acceptors (Lipinski definition) is 7. The Hall–Kier alpha value is -4.71. The number of carbonyl (C=O) groups excluding carboxylic acids is 4. The van der Waals surface area contributed by atoms with Gasteiger partial charge < -0.3 is 41.9 Å². The van der Waals surface area contributed by atoms with Crippen LogP contribution in [-0.2, 0) is 36.8 Å². The van der Waals surface area contributed by atoms with E-state index in [1.165, 1.54) is 0 Å². The molecule has 0 fully saturated rings. The smallest absolute Gasteiger partial charge is 0.336 e. The molecule has 2 amide bonds. The molecule has 0 radical (unpaired) electrons. The first-order valence-electron chi connectivity index (χ1n) is 14.1. The normalized spacial score (nSPS) is 14.1. The first-order valence-corrected chi connectivity index (χ1v) is 14.1. The SMILES string of the molecule is CC(C)(C)OC(=O)[C@](N)(Cc1ccccc1)C(=O)N[C@@H](Cc1c[nH]c2ccccc12)C(=O)N[C@H](C=O)CCCNC(=N)N. The van der Waals surface area contributed by atoms with Crippen molar-refractivity contribution in [1.82, 2.24) is 20.9 Å². The molecule has 0 unspecified atom stereocenters. The van der Waals surface area contributed by atoms with E-state index in [0.717, 1.165) is 16.5 Å². The summed E-state index contributed by atoms with van der Waals surface area (Å²) in [7, 11) is 0. The van der Waals surface area contributed by atoms with E-state index in [0.29, 0.717) is 24.8 Å². The summed E-state index contributed by atoms with van der Waals surface area (Å²) in [5.41, 5.74) is 11.0. The number of amides is 2. The van der Waals surface area contributed by atoms with Crippen LogP contribution >= 0.6 is 0 Å². The van der Waals surface area contributed by atoms with Crippen molar-refractivity contribution in [1.29, 1.82) is 5.41 Å². The van der Waals surface area contributed by atoms with Crippen LogP contribution in [0, 0.1) is 5.41 Å². The third-order valence-corrected chi connectivity index (χ3v) is 6.71. The number of nitrogens with one attached hydrogen (secondary N) is 5. The molecule has 0 aliphatic rings. The van der Waals surface area contributed by atoms with Crippen LogP contribution in [-0.4, -0.2) is 64.8 Å². The number of esters is 1. The van der Waals surface area contributed by atoms with E-state index in [-0.39, 0.29) is 25.2 Å². The molecule has 0 bridgehead atoms. The second-order valence-electron chi connectivity index (χ2n) is 11.5. The first-order chi connectivity index (χ1) is 20.3. The standard InChI is InChI=1S/C31H41N7O5/c1-30(2,3)43-28(42)31(34,17-20-10-5-4-6-11-20)27(41)38-25(16-21-18-36-24-14-8-7-13-23(21)24)26(40)37-22(19-39)12-9-15-35-29(32)33/h4-8,10-11,13-14,18-19,22,25,36H,9,12,15-17,34H2,1-3H3,(H,37,40)(H,38,41)(H4,32,33,35)/t22-,25-,31-/m0/s1. The van der Waals surface area contributed by atoms with Crippen LogP contribution < -0.4 is 27.4 Å². The number of aldehydes is 1. The molecular formula is C31H41N7O5. The lowest BCUT2D eigenvalue weighted by Gasteiger charge is -2.32. The summed E-state index contributed by atoms with van der Waals surface area (Å²) in [6.07, 6.45) is 2.96. The number of rotatable bonds is 14. The molecule has 0 spiro atoms. The molecule has 0 aliphatic heterocycles. The fourth-order valence-corrected chi connectivity index (χ4v) is 4.55. The van der Waals surface area contributed by atoms with Crippen LogP contribution in [0.2, 0.25) is 0 Å². The number of ether oxygens (including phenoxy) is 1. The molecule has 0 saturated carbocycles. The summed E-state index contributed by atoms with van der Waals surface area (Å²) in [5, 5.41) is 16.1. The molecule has 9 N–H and O–H groups in total. The Balaban J connectivity index is 1.90. The number of guanidine groups is 1. The van der Waals surface area contributed by atoms with Gasteiger partial charge in [-0.25, -0.2) is 4.79 Å². The van der Waals surface area contributed by atoms with Crippen LogP contribution in [0.1, 0.15) is 44.7 Å². The highest BCUT2D eigenvalue weighted by Gasteiger charge is 2.46. The van der Waals surface area contributed by atoms with Crippen molar-refractivity contribution in [3.8, 4) is 0 Å². The fourth-order valence-electron chi connectivity index (χ4n) is 4.55. The Morgan fingerprint density at radius 1 is 1.05 bits per heavy atom. The third kappa shape index (κ3) is 9.40. The maximum Gasteiger partial charge on any atom is 0.336 e. The zero-order chi connectivity index (χ0) is 31.6. The highest BCUT2D eigenvalue weighted by atomic mass is 16.6. The van der Waals surface area contributed by atoms with Crippen LogP contribution in [0.25, 0.3) is 10.9 Å². The van der Waals surface area contributed by atoms with Gasteiger partial charge in [0.2, 0.25) is 5.91 Å². The average Bonchev–Trinajstić information content (AvgIpc) is 3.36. The van der Waals surface area contributed by atoms with Crippen molar-refractivity contribution in [2.75, 3.05) is 6.54 Å². The van der Waals surface area contributed by atoms with Crippen molar-refractivity contribution in [3.63, 3.8) is 0 Å².